The molecule has 0 N–H and O–H groups in total. The van der Waals surface area contributed by atoms with Crippen LogP contribution in [-0.4, -0.2) is 27.6 Å². The summed E-state index contributed by atoms with van der Waals surface area (Å²) >= 11 is 7.99. The molecule has 0 radical (unpaired) electrons. The molecule has 1 amide bonds. The molecule has 2 rings (SSSR count). The van der Waals surface area contributed by atoms with Crippen molar-refractivity contribution in [3.63, 3.8) is 0 Å². The number of rotatable bonds is 3. The summed E-state index contributed by atoms with van der Waals surface area (Å²) in [6, 6.07) is 3.47. The first-order chi connectivity index (χ1) is 8.47. The van der Waals surface area contributed by atoms with E-state index in [1.807, 2.05) is 22.6 Å². The molecule has 0 bridgehead atoms. The largest absolute Gasteiger partial charge is 0.548 e. The molecule has 0 saturated carbocycles. The van der Waals surface area contributed by atoms with Crippen LogP contribution in [-0.2, 0) is 9.59 Å². The van der Waals surface area contributed by atoms with Gasteiger partial charge in [-0.1, -0.05) is 24.0 Å². The first kappa shape index (κ1) is 13.6. The Kier molecular flexibility index (Phi) is 4.07. The molecule has 1 aromatic rings. The lowest BCUT2D eigenvalue weighted by Gasteiger charge is -2.14. The first-order valence-electron chi connectivity index (χ1n) is 4.68. The van der Waals surface area contributed by atoms with Gasteiger partial charge in [-0.3, -0.25) is 9.69 Å². The van der Waals surface area contributed by atoms with E-state index >= 15 is 0 Å². The maximum atomic E-state index is 11.9. The van der Waals surface area contributed by atoms with Crippen molar-refractivity contribution in [2.24, 2.45) is 0 Å². The summed E-state index contributed by atoms with van der Waals surface area (Å²) in [7, 11) is 0. The van der Waals surface area contributed by atoms with Crippen LogP contribution in [0.25, 0.3) is 6.08 Å². The van der Waals surface area contributed by atoms with Crippen LogP contribution < -0.4 is 5.11 Å². The molecule has 0 aromatic carbocycles. The van der Waals surface area contributed by atoms with Crippen molar-refractivity contribution in [3.05, 3.63) is 26.6 Å². The number of nitrogens with zero attached hydrogens (tertiary/aromatic N) is 1. The molecule has 18 heavy (non-hydrogen) atoms. The van der Waals surface area contributed by atoms with Crippen LogP contribution in [0.15, 0.2) is 21.5 Å². The normalized spacial score (nSPS) is 17.8. The second kappa shape index (κ2) is 5.41. The van der Waals surface area contributed by atoms with Gasteiger partial charge in [0.15, 0.2) is 3.77 Å². The summed E-state index contributed by atoms with van der Waals surface area (Å²) in [5.74, 6) is -1.27. The maximum Gasteiger partial charge on any atom is 0.266 e. The second-order valence-corrected chi connectivity index (χ2v) is 6.02. The van der Waals surface area contributed by atoms with Gasteiger partial charge in [0.2, 0.25) is 0 Å². The molecule has 1 aromatic heterocycles. The number of hydrogen-bond donors (Lipinski definition) is 0. The lowest BCUT2D eigenvalue weighted by atomic mass is 10.3. The molecule has 2 heterocycles. The van der Waals surface area contributed by atoms with Crippen LogP contribution in [0.4, 0.5) is 0 Å². The molecule has 1 saturated heterocycles. The molecule has 5 nitrogen and oxygen atoms in total. The third-order valence-corrected chi connectivity index (χ3v) is 3.99. The van der Waals surface area contributed by atoms with E-state index in [0.29, 0.717) is 14.4 Å². The highest BCUT2D eigenvalue weighted by Gasteiger charge is 2.32. The zero-order valence-electron chi connectivity index (χ0n) is 8.71. The minimum Gasteiger partial charge on any atom is -0.548 e. The third-order valence-electron chi connectivity index (χ3n) is 2.03. The fourth-order valence-corrected chi connectivity index (χ4v) is 2.97. The number of carbonyl (C=O) groups is 2. The van der Waals surface area contributed by atoms with Gasteiger partial charge in [-0.25, -0.2) is 0 Å². The van der Waals surface area contributed by atoms with Crippen molar-refractivity contribution in [2.75, 3.05) is 6.54 Å². The number of carboxylic acids is 1. The van der Waals surface area contributed by atoms with E-state index in [4.69, 9.17) is 16.6 Å². The van der Waals surface area contributed by atoms with Gasteiger partial charge in [0, 0.05) is 6.08 Å². The number of thioether (sulfide) groups is 1. The molecular formula is C10H5INO4S2-. The predicted molar refractivity (Wildman–Crippen MR) is 76.3 cm³/mol. The van der Waals surface area contributed by atoms with Crippen molar-refractivity contribution in [3.8, 4) is 0 Å². The summed E-state index contributed by atoms with van der Waals surface area (Å²) in [5.41, 5.74) is 0. The Balaban J connectivity index is 2.22. The second-order valence-electron chi connectivity index (χ2n) is 3.28. The minimum atomic E-state index is -1.35. The Morgan fingerprint density at radius 2 is 2.33 bits per heavy atom. The molecular weight excluding hydrogens is 389 g/mol. The van der Waals surface area contributed by atoms with Crippen LogP contribution in [0.1, 0.15) is 5.76 Å². The number of thiocarbonyl (C=S) groups is 1. The topological polar surface area (TPSA) is 73.6 Å². The highest BCUT2D eigenvalue weighted by molar-refractivity contribution is 14.1. The number of carboxylic acid groups (broad SMARTS) is 1. The molecule has 8 heteroatoms. The zero-order chi connectivity index (χ0) is 13.3. The van der Waals surface area contributed by atoms with E-state index < -0.39 is 18.4 Å². The average Bonchev–Trinajstić information content (AvgIpc) is 2.78. The van der Waals surface area contributed by atoms with E-state index in [0.717, 1.165) is 16.7 Å². The third kappa shape index (κ3) is 2.93. The van der Waals surface area contributed by atoms with Crippen molar-refractivity contribution in [1.82, 2.24) is 4.90 Å². The molecule has 0 aliphatic carbocycles. The van der Waals surface area contributed by atoms with Gasteiger partial charge in [-0.15, -0.1) is 0 Å². The van der Waals surface area contributed by atoms with E-state index in [1.54, 1.807) is 12.1 Å². The van der Waals surface area contributed by atoms with Crippen molar-refractivity contribution in [1.29, 1.82) is 0 Å². The molecule has 1 aliphatic heterocycles. The lowest BCUT2D eigenvalue weighted by Crippen LogP contribution is -2.40. The fraction of sp³-hybridized carbons (Fsp3) is 0.100. The predicted octanol–water partition coefficient (Wildman–Crippen LogP) is 0.835. The van der Waals surface area contributed by atoms with Crippen LogP contribution in [0, 0.1) is 3.77 Å². The number of aliphatic carboxylic acids is 1. The summed E-state index contributed by atoms with van der Waals surface area (Å²) < 4.78 is 6.20. The van der Waals surface area contributed by atoms with Gasteiger partial charge in [-0.2, -0.15) is 0 Å². The lowest BCUT2D eigenvalue weighted by molar-refractivity contribution is -0.305. The monoisotopic (exact) mass is 394 g/mol. The van der Waals surface area contributed by atoms with Crippen molar-refractivity contribution in [2.45, 2.75) is 0 Å². The first-order valence-corrected chi connectivity index (χ1v) is 6.98. The summed E-state index contributed by atoms with van der Waals surface area (Å²) in [6.45, 7) is -0.530. The van der Waals surface area contributed by atoms with Gasteiger partial charge < -0.3 is 14.3 Å². The van der Waals surface area contributed by atoms with Crippen molar-refractivity contribution < 1.29 is 19.1 Å². The van der Waals surface area contributed by atoms with Crippen LogP contribution in [0.2, 0.25) is 0 Å². The highest BCUT2D eigenvalue weighted by Crippen LogP contribution is 2.32. The summed E-state index contributed by atoms with van der Waals surface area (Å²) in [6.07, 6.45) is 1.54. The average molecular weight is 394 g/mol. The quantitative estimate of drug-likeness (QED) is 0.430. The van der Waals surface area contributed by atoms with E-state index in [-0.39, 0.29) is 4.32 Å². The fourth-order valence-electron chi connectivity index (χ4n) is 1.30. The molecule has 1 fully saturated rings. The van der Waals surface area contributed by atoms with Gasteiger partial charge in [0.05, 0.1) is 17.4 Å². The molecule has 0 spiro atoms. The standard InChI is InChI=1S/C10H6INO4S2/c11-7-2-1-5(16-7)3-6-9(15)12(4-8(13)14)10(17)18-6/h1-3H,4H2,(H,13,14)/p-1/b6-3-. The van der Waals surface area contributed by atoms with E-state index in [2.05, 4.69) is 0 Å². The van der Waals surface area contributed by atoms with E-state index in [1.165, 1.54) is 6.08 Å². The number of halogens is 1. The minimum absolute atomic E-state index is 0.205. The van der Waals surface area contributed by atoms with Crippen LogP contribution in [0.5, 0.6) is 0 Å². The Morgan fingerprint density at radius 3 is 2.89 bits per heavy atom. The van der Waals surface area contributed by atoms with Crippen molar-refractivity contribution >= 4 is 68.8 Å². The molecule has 0 atom stereocenters. The SMILES string of the molecule is O=C([O-])CN1C(=O)/C(=C/c2ccc(I)o2)SC1=S. The van der Waals surface area contributed by atoms with E-state index in [9.17, 15) is 14.7 Å². The Bertz CT molecular complexity index is 566. The highest BCUT2D eigenvalue weighted by atomic mass is 127. The number of furan rings is 1. The Morgan fingerprint density at radius 1 is 1.61 bits per heavy atom. The number of carbonyl (C=O) groups excluding carboxylic acids is 2. The van der Waals surface area contributed by atoms with Gasteiger partial charge in [-0.05, 0) is 34.7 Å². The molecule has 94 valence electrons. The molecule has 1 aliphatic rings. The number of amides is 1. The van der Waals surface area contributed by atoms with Gasteiger partial charge in [0.1, 0.15) is 10.1 Å². The Labute approximate surface area is 125 Å². The molecule has 0 unspecified atom stereocenters. The van der Waals surface area contributed by atoms with Crippen LogP contribution >= 0.6 is 46.6 Å². The number of hydrogen-bond acceptors (Lipinski definition) is 6. The maximum absolute atomic E-state index is 11.9. The Hall–Kier alpha value is -0.870. The van der Waals surface area contributed by atoms with Gasteiger partial charge in [0.25, 0.3) is 5.91 Å². The van der Waals surface area contributed by atoms with Crippen LogP contribution in [0.3, 0.4) is 0 Å². The smallest absolute Gasteiger partial charge is 0.266 e. The summed E-state index contributed by atoms with van der Waals surface area (Å²) in [4.78, 5) is 23.7. The summed E-state index contributed by atoms with van der Waals surface area (Å²) in [5, 5.41) is 10.5. The van der Waals surface area contributed by atoms with Gasteiger partial charge >= 0.3 is 0 Å². The zero-order valence-corrected chi connectivity index (χ0v) is 12.5.